The Hall–Kier alpha value is -3.12. The zero-order chi connectivity index (χ0) is 22.1. The largest absolute Gasteiger partial charge is 0.494 e. The number of ether oxygens (including phenoxy) is 1. The quantitative estimate of drug-likeness (QED) is 0.622. The van der Waals surface area contributed by atoms with E-state index in [2.05, 4.69) is 13.8 Å². The van der Waals surface area contributed by atoms with Gasteiger partial charge in [-0.15, -0.1) is 0 Å². The molecule has 1 aliphatic rings. The molecule has 0 saturated carbocycles. The topological polar surface area (TPSA) is 80.0 Å². The predicted octanol–water partition coefficient (Wildman–Crippen LogP) is 4.06. The minimum absolute atomic E-state index is 0.0472. The zero-order valence-corrected chi connectivity index (χ0v) is 18.1. The summed E-state index contributed by atoms with van der Waals surface area (Å²) in [6.45, 7) is 6.66. The lowest BCUT2D eigenvalue weighted by Gasteiger charge is -2.24. The maximum absolute atomic E-state index is 13.5. The second kappa shape index (κ2) is 8.55. The van der Waals surface area contributed by atoms with Gasteiger partial charge in [0, 0.05) is 6.54 Å². The number of aryl methyl sites for hydroxylation is 1. The van der Waals surface area contributed by atoms with E-state index in [1.54, 1.807) is 12.1 Å². The van der Waals surface area contributed by atoms with E-state index in [0.29, 0.717) is 34.8 Å². The predicted molar refractivity (Wildman–Crippen MR) is 119 cm³/mol. The first-order chi connectivity index (χ1) is 14.9. The first-order valence-corrected chi connectivity index (χ1v) is 10.6. The number of rotatable bonds is 7. The lowest BCUT2D eigenvalue weighted by Crippen LogP contribution is -2.32. The van der Waals surface area contributed by atoms with Crippen LogP contribution in [-0.4, -0.2) is 35.7 Å². The first-order valence-electron chi connectivity index (χ1n) is 10.6. The molecule has 31 heavy (non-hydrogen) atoms. The number of benzene rings is 2. The van der Waals surface area contributed by atoms with Crippen LogP contribution in [0, 0.1) is 12.8 Å². The highest BCUT2D eigenvalue weighted by molar-refractivity contribution is 5.99. The molecule has 162 valence electrons. The molecule has 2 heterocycles. The molecule has 2 aromatic carbocycles. The van der Waals surface area contributed by atoms with E-state index in [0.717, 1.165) is 17.5 Å². The average Bonchev–Trinajstić information content (AvgIpc) is 3.01. The standard InChI is InChI=1S/C25H27NO5/c1-15(2)9-12-30-18-6-4-5-17(14-18)22-21-23(28)19-13-16(3)7-8-20(19)31-24(21)25(29)26(22)10-11-27/h4-8,13-15,22,27H,9-12H2,1-3H3. The number of carbonyl (C=O) groups is 1. The maximum atomic E-state index is 13.5. The Kier molecular flexibility index (Phi) is 5.83. The van der Waals surface area contributed by atoms with E-state index in [-0.39, 0.29) is 30.2 Å². The van der Waals surface area contributed by atoms with Crippen LogP contribution in [0.4, 0.5) is 0 Å². The van der Waals surface area contributed by atoms with Gasteiger partial charge in [-0.2, -0.15) is 0 Å². The van der Waals surface area contributed by atoms with E-state index in [1.807, 2.05) is 37.3 Å². The number of carbonyl (C=O) groups excluding carboxylic acids is 1. The van der Waals surface area contributed by atoms with Gasteiger partial charge in [0.15, 0.2) is 5.43 Å². The third kappa shape index (κ3) is 3.95. The normalized spacial score (nSPS) is 15.7. The third-order valence-electron chi connectivity index (χ3n) is 5.60. The summed E-state index contributed by atoms with van der Waals surface area (Å²) in [6, 6.07) is 12.2. The number of β-amino-alcohol motifs (C(OH)–C–C–N with tert-alkyl or cyclic N) is 1. The minimum Gasteiger partial charge on any atom is -0.494 e. The Labute approximate surface area is 181 Å². The van der Waals surface area contributed by atoms with Gasteiger partial charge in [-0.25, -0.2) is 0 Å². The minimum atomic E-state index is -0.635. The summed E-state index contributed by atoms with van der Waals surface area (Å²) in [5.74, 6) is 0.874. The lowest BCUT2D eigenvalue weighted by atomic mass is 9.98. The van der Waals surface area contributed by atoms with Crippen LogP contribution in [0.5, 0.6) is 5.75 Å². The Morgan fingerprint density at radius 3 is 2.71 bits per heavy atom. The van der Waals surface area contributed by atoms with E-state index < -0.39 is 6.04 Å². The molecule has 3 aromatic rings. The fourth-order valence-corrected chi connectivity index (χ4v) is 4.01. The summed E-state index contributed by atoms with van der Waals surface area (Å²) >= 11 is 0. The van der Waals surface area contributed by atoms with Crippen molar-refractivity contribution < 1.29 is 19.1 Å². The fourth-order valence-electron chi connectivity index (χ4n) is 4.01. The first kappa shape index (κ1) is 21.1. The van der Waals surface area contributed by atoms with Crippen LogP contribution in [-0.2, 0) is 0 Å². The second-order valence-electron chi connectivity index (χ2n) is 8.40. The van der Waals surface area contributed by atoms with Gasteiger partial charge in [-0.05, 0) is 49.1 Å². The number of nitrogens with zero attached hydrogens (tertiary/aromatic N) is 1. The average molecular weight is 421 g/mol. The van der Waals surface area contributed by atoms with Crippen molar-refractivity contribution in [1.29, 1.82) is 0 Å². The van der Waals surface area contributed by atoms with Gasteiger partial charge in [-0.3, -0.25) is 9.59 Å². The van der Waals surface area contributed by atoms with E-state index >= 15 is 0 Å². The summed E-state index contributed by atoms with van der Waals surface area (Å²) in [5, 5.41) is 10.0. The molecule has 0 bridgehead atoms. The van der Waals surface area contributed by atoms with Gasteiger partial charge in [0.05, 0.1) is 30.2 Å². The molecule has 0 saturated heterocycles. The van der Waals surface area contributed by atoms with Crippen LogP contribution in [0.25, 0.3) is 11.0 Å². The van der Waals surface area contributed by atoms with Crippen molar-refractivity contribution in [3.8, 4) is 5.75 Å². The molecule has 1 aliphatic heterocycles. The van der Waals surface area contributed by atoms with Gasteiger partial charge in [0.1, 0.15) is 11.3 Å². The monoisotopic (exact) mass is 421 g/mol. The Morgan fingerprint density at radius 1 is 1.16 bits per heavy atom. The van der Waals surface area contributed by atoms with Crippen LogP contribution >= 0.6 is 0 Å². The number of hydrogen-bond donors (Lipinski definition) is 1. The van der Waals surface area contributed by atoms with Crippen molar-refractivity contribution in [2.45, 2.75) is 33.2 Å². The number of hydrogen-bond acceptors (Lipinski definition) is 5. The molecule has 1 amide bonds. The molecule has 1 unspecified atom stereocenters. The summed E-state index contributed by atoms with van der Waals surface area (Å²) < 4.78 is 11.8. The molecule has 1 aromatic heterocycles. The Morgan fingerprint density at radius 2 is 1.97 bits per heavy atom. The van der Waals surface area contributed by atoms with Crippen molar-refractivity contribution in [3.05, 3.63) is 75.1 Å². The van der Waals surface area contributed by atoms with E-state index in [9.17, 15) is 14.7 Å². The fraction of sp³-hybridized carbons (Fsp3) is 0.360. The molecule has 1 atom stereocenters. The molecule has 1 N–H and O–H groups in total. The lowest BCUT2D eigenvalue weighted by molar-refractivity contribution is 0.0691. The molecule has 0 radical (unpaired) electrons. The molecule has 6 heteroatoms. The Bertz CT molecular complexity index is 1180. The highest BCUT2D eigenvalue weighted by atomic mass is 16.5. The molecule has 0 fully saturated rings. The van der Waals surface area contributed by atoms with Gasteiger partial charge >= 0.3 is 0 Å². The van der Waals surface area contributed by atoms with Crippen LogP contribution in [0.2, 0.25) is 0 Å². The van der Waals surface area contributed by atoms with Crippen molar-refractivity contribution >= 4 is 16.9 Å². The SMILES string of the molecule is Cc1ccc2oc3c(c(=O)c2c1)C(c1cccc(OCCC(C)C)c1)N(CCO)C3=O. The highest BCUT2D eigenvalue weighted by Gasteiger charge is 2.42. The van der Waals surface area contributed by atoms with Crippen molar-refractivity contribution in [2.75, 3.05) is 19.8 Å². The number of fused-ring (bicyclic) bond motifs is 2. The highest BCUT2D eigenvalue weighted by Crippen LogP contribution is 2.38. The van der Waals surface area contributed by atoms with Gasteiger partial charge in [-0.1, -0.05) is 37.6 Å². The van der Waals surface area contributed by atoms with Gasteiger partial charge in [0.25, 0.3) is 5.91 Å². The molecular weight excluding hydrogens is 394 g/mol. The van der Waals surface area contributed by atoms with E-state index in [1.165, 1.54) is 4.90 Å². The molecule has 0 aliphatic carbocycles. The molecule has 0 spiro atoms. The summed E-state index contributed by atoms with van der Waals surface area (Å²) in [5.41, 5.74) is 2.18. The third-order valence-corrected chi connectivity index (χ3v) is 5.60. The van der Waals surface area contributed by atoms with E-state index in [4.69, 9.17) is 9.15 Å². The van der Waals surface area contributed by atoms with Crippen molar-refractivity contribution in [2.24, 2.45) is 5.92 Å². The molecular formula is C25H27NO5. The second-order valence-corrected chi connectivity index (χ2v) is 8.40. The van der Waals surface area contributed by atoms with Gasteiger partial charge in [0.2, 0.25) is 5.76 Å². The summed E-state index contributed by atoms with van der Waals surface area (Å²) in [6.07, 6.45) is 0.931. The van der Waals surface area contributed by atoms with Gasteiger partial charge < -0.3 is 19.2 Å². The number of aliphatic hydroxyl groups excluding tert-OH is 1. The smallest absolute Gasteiger partial charge is 0.290 e. The summed E-state index contributed by atoms with van der Waals surface area (Å²) in [4.78, 5) is 28.1. The number of aliphatic hydroxyl groups is 1. The van der Waals surface area contributed by atoms with Crippen LogP contribution in [0.1, 0.15) is 53.6 Å². The van der Waals surface area contributed by atoms with Crippen molar-refractivity contribution in [1.82, 2.24) is 4.90 Å². The van der Waals surface area contributed by atoms with Crippen LogP contribution < -0.4 is 10.2 Å². The van der Waals surface area contributed by atoms with Crippen LogP contribution in [0.15, 0.2) is 51.7 Å². The Balaban J connectivity index is 1.82. The zero-order valence-electron chi connectivity index (χ0n) is 18.1. The molecule has 4 rings (SSSR count). The number of amides is 1. The van der Waals surface area contributed by atoms with Crippen LogP contribution in [0.3, 0.4) is 0 Å². The maximum Gasteiger partial charge on any atom is 0.290 e. The van der Waals surface area contributed by atoms with Crippen molar-refractivity contribution in [3.63, 3.8) is 0 Å². The summed E-state index contributed by atoms with van der Waals surface area (Å²) in [7, 11) is 0. The molecule has 6 nitrogen and oxygen atoms in total.